The lowest BCUT2D eigenvalue weighted by molar-refractivity contribution is -0.384. The van der Waals surface area contributed by atoms with Crippen molar-refractivity contribution >= 4 is 29.3 Å². The fourth-order valence-corrected chi connectivity index (χ4v) is 2.46. The molecule has 1 saturated heterocycles. The third kappa shape index (κ3) is 5.77. The molecule has 0 unspecified atom stereocenters. The van der Waals surface area contributed by atoms with Crippen LogP contribution < -0.4 is 15.5 Å². The summed E-state index contributed by atoms with van der Waals surface area (Å²) in [7, 11) is 0. The molecular weight excluding hydrogens is 372 g/mol. The maximum absolute atomic E-state index is 12.4. The Hall–Kier alpha value is -3.47. The quantitative estimate of drug-likeness (QED) is 0.297. The molecule has 0 bridgehead atoms. The molecule has 0 spiro atoms. The Morgan fingerprint density at radius 2 is 2.04 bits per heavy atom. The first kappa shape index (κ1) is 20.8. The van der Waals surface area contributed by atoms with Crippen LogP contribution in [0.25, 0.3) is 0 Å². The monoisotopic (exact) mass is 392 g/mol. The van der Waals surface area contributed by atoms with Crippen LogP contribution in [0.4, 0.5) is 16.2 Å². The lowest BCUT2D eigenvalue weighted by Gasteiger charge is -2.30. The van der Waals surface area contributed by atoms with Gasteiger partial charge in [0.1, 0.15) is 0 Å². The van der Waals surface area contributed by atoms with Crippen molar-refractivity contribution in [2.24, 2.45) is 0 Å². The van der Waals surface area contributed by atoms with E-state index in [-0.39, 0.29) is 17.8 Å². The van der Waals surface area contributed by atoms with E-state index < -0.39 is 29.4 Å². The number of amides is 3. The smallest absolute Gasteiger partial charge is 0.341 e. The van der Waals surface area contributed by atoms with Crippen LogP contribution >= 0.6 is 0 Å². The van der Waals surface area contributed by atoms with Crippen molar-refractivity contribution in [3.8, 4) is 0 Å². The van der Waals surface area contributed by atoms with Crippen molar-refractivity contribution < 1.29 is 28.8 Å². The first-order valence-corrected chi connectivity index (χ1v) is 8.39. The molecule has 150 valence electrons. The van der Waals surface area contributed by atoms with Gasteiger partial charge in [-0.3, -0.25) is 20.2 Å². The van der Waals surface area contributed by atoms with Crippen LogP contribution in [0.3, 0.4) is 0 Å². The van der Waals surface area contributed by atoms with Gasteiger partial charge in [-0.1, -0.05) is 6.08 Å². The van der Waals surface area contributed by atoms with Crippen molar-refractivity contribution in [3.05, 3.63) is 46.5 Å². The largest absolute Gasteiger partial charge is 0.452 e. The summed E-state index contributed by atoms with van der Waals surface area (Å²) >= 11 is 0. The number of carbonyl (C=O) groups excluding carboxylic acids is 3. The molecule has 1 fully saturated rings. The fourth-order valence-electron chi connectivity index (χ4n) is 2.46. The number of nitro benzene ring substituents is 1. The third-order valence-electron chi connectivity index (χ3n) is 3.76. The molecule has 3 amide bonds. The highest BCUT2D eigenvalue weighted by Crippen LogP contribution is 2.27. The minimum atomic E-state index is -0.910. The van der Waals surface area contributed by atoms with E-state index in [4.69, 9.17) is 9.47 Å². The molecule has 1 aliphatic rings. The molecule has 0 atom stereocenters. The van der Waals surface area contributed by atoms with Crippen molar-refractivity contribution in [2.75, 3.05) is 44.4 Å². The van der Waals surface area contributed by atoms with E-state index in [0.29, 0.717) is 32.0 Å². The zero-order valence-corrected chi connectivity index (χ0v) is 15.0. The average molecular weight is 392 g/mol. The van der Waals surface area contributed by atoms with Crippen molar-refractivity contribution in [1.29, 1.82) is 0 Å². The first-order valence-electron chi connectivity index (χ1n) is 8.39. The van der Waals surface area contributed by atoms with Gasteiger partial charge < -0.3 is 19.7 Å². The Kier molecular flexibility index (Phi) is 7.45. The van der Waals surface area contributed by atoms with E-state index in [0.717, 1.165) is 6.07 Å². The van der Waals surface area contributed by atoms with Gasteiger partial charge in [-0.15, -0.1) is 6.58 Å². The van der Waals surface area contributed by atoms with Crippen LogP contribution in [0.1, 0.15) is 10.4 Å². The van der Waals surface area contributed by atoms with Gasteiger partial charge in [0, 0.05) is 31.8 Å². The maximum atomic E-state index is 12.4. The molecule has 1 heterocycles. The van der Waals surface area contributed by atoms with Crippen molar-refractivity contribution in [2.45, 2.75) is 0 Å². The van der Waals surface area contributed by atoms with E-state index in [1.165, 1.54) is 18.2 Å². The predicted molar refractivity (Wildman–Crippen MR) is 98.1 cm³/mol. The van der Waals surface area contributed by atoms with E-state index in [1.807, 2.05) is 10.2 Å². The van der Waals surface area contributed by atoms with E-state index in [1.54, 1.807) is 0 Å². The maximum Gasteiger partial charge on any atom is 0.341 e. The van der Waals surface area contributed by atoms with Crippen LogP contribution in [0.15, 0.2) is 30.9 Å². The highest BCUT2D eigenvalue weighted by atomic mass is 16.6. The number of hydrogen-bond donors (Lipinski definition) is 2. The summed E-state index contributed by atoms with van der Waals surface area (Å²) in [5.41, 5.74) is 0.125. The van der Waals surface area contributed by atoms with Gasteiger partial charge in [-0.05, 0) is 6.07 Å². The molecule has 11 nitrogen and oxygen atoms in total. The summed E-state index contributed by atoms with van der Waals surface area (Å²) in [6.45, 7) is 4.77. The molecule has 0 aromatic heterocycles. The summed E-state index contributed by atoms with van der Waals surface area (Å²) < 4.78 is 10.2. The molecule has 28 heavy (non-hydrogen) atoms. The lowest BCUT2D eigenvalue weighted by Crippen LogP contribution is -2.41. The molecule has 0 aliphatic carbocycles. The van der Waals surface area contributed by atoms with Crippen LogP contribution in [0.5, 0.6) is 0 Å². The number of non-ortho nitro benzene ring substituents is 1. The number of carbonyl (C=O) groups is 3. The normalized spacial score (nSPS) is 13.4. The van der Waals surface area contributed by atoms with Gasteiger partial charge in [0.2, 0.25) is 0 Å². The second-order valence-electron chi connectivity index (χ2n) is 5.68. The Morgan fingerprint density at radius 3 is 2.68 bits per heavy atom. The van der Waals surface area contributed by atoms with Gasteiger partial charge in [-0.2, -0.15) is 0 Å². The molecule has 0 radical (unpaired) electrons. The van der Waals surface area contributed by atoms with Gasteiger partial charge in [0.25, 0.3) is 11.6 Å². The zero-order valence-electron chi connectivity index (χ0n) is 15.0. The molecule has 1 aliphatic heterocycles. The number of esters is 1. The van der Waals surface area contributed by atoms with Crippen LogP contribution in [-0.2, 0) is 14.3 Å². The van der Waals surface area contributed by atoms with Crippen LogP contribution in [0.2, 0.25) is 0 Å². The number of benzene rings is 1. The number of imide groups is 1. The highest BCUT2D eigenvalue weighted by Gasteiger charge is 2.23. The predicted octanol–water partition coefficient (Wildman–Crippen LogP) is 0.600. The number of nitrogens with zero attached hydrogens (tertiary/aromatic N) is 2. The highest BCUT2D eigenvalue weighted by molar-refractivity contribution is 5.99. The fraction of sp³-hybridized carbons (Fsp3) is 0.353. The van der Waals surface area contributed by atoms with E-state index in [9.17, 15) is 24.5 Å². The lowest BCUT2D eigenvalue weighted by atomic mass is 10.1. The first-order chi connectivity index (χ1) is 13.4. The summed E-state index contributed by atoms with van der Waals surface area (Å²) in [5, 5.41) is 15.4. The standard InChI is InChI=1S/C17H20N4O7/c1-2-5-18-17(24)19-15(22)11-28-16(23)13-10-12(21(25)26)3-4-14(13)20-6-8-27-9-7-20/h2-4,10H,1,5-9,11H2,(H2,18,19,22,24). The average Bonchev–Trinajstić information content (AvgIpc) is 2.70. The molecule has 1 aromatic rings. The van der Waals surface area contributed by atoms with Gasteiger partial charge in [0.05, 0.1) is 29.4 Å². The number of rotatable bonds is 7. The molecule has 11 heteroatoms. The van der Waals surface area contributed by atoms with Gasteiger partial charge >= 0.3 is 12.0 Å². The Labute approximate surface area is 160 Å². The van der Waals surface area contributed by atoms with Crippen molar-refractivity contribution in [3.63, 3.8) is 0 Å². The number of anilines is 1. The number of morpholine rings is 1. The minimum Gasteiger partial charge on any atom is -0.452 e. The summed E-state index contributed by atoms with van der Waals surface area (Å²) in [5.74, 6) is -1.75. The van der Waals surface area contributed by atoms with E-state index >= 15 is 0 Å². The van der Waals surface area contributed by atoms with Crippen LogP contribution in [-0.4, -0.2) is 62.3 Å². The summed E-state index contributed by atoms with van der Waals surface area (Å²) in [6, 6.07) is 3.09. The Bertz CT molecular complexity index is 775. The second-order valence-corrected chi connectivity index (χ2v) is 5.68. The number of hydrogen-bond acceptors (Lipinski definition) is 8. The molecule has 2 N–H and O–H groups in total. The Morgan fingerprint density at radius 1 is 1.32 bits per heavy atom. The number of ether oxygens (including phenoxy) is 2. The second kappa shape index (κ2) is 10.0. The molecule has 1 aromatic carbocycles. The zero-order chi connectivity index (χ0) is 20.5. The number of nitrogens with one attached hydrogen (secondary N) is 2. The van der Waals surface area contributed by atoms with Gasteiger partial charge in [-0.25, -0.2) is 9.59 Å². The van der Waals surface area contributed by atoms with E-state index in [2.05, 4.69) is 11.9 Å². The summed E-state index contributed by atoms with van der Waals surface area (Å²) in [6.07, 6.45) is 1.43. The molecule has 0 saturated carbocycles. The Balaban J connectivity index is 2.08. The molecule has 2 rings (SSSR count). The summed E-state index contributed by atoms with van der Waals surface area (Å²) in [4.78, 5) is 47.8. The number of urea groups is 1. The van der Waals surface area contributed by atoms with Gasteiger partial charge in [0.15, 0.2) is 6.61 Å². The topological polar surface area (TPSA) is 140 Å². The molecular formula is C17H20N4O7. The third-order valence-corrected chi connectivity index (χ3v) is 3.76. The minimum absolute atomic E-state index is 0.0417. The van der Waals surface area contributed by atoms with Crippen molar-refractivity contribution in [1.82, 2.24) is 10.6 Å². The SMILES string of the molecule is C=CCNC(=O)NC(=O)COC(=O)c1cc([N+](=O)[O-])ccc1N1CCOCC1. The number of nitro groups is 1. The van der Waals surface area contributed by atoms with Crippen LogP contribution in [0, 0.1) is 10.1 Å².